The first-order valence-corrected chi connectivity index (χ1v) is 39.0. The van der Waals surface area contributed by atoms with E-state index in [2.05, 4.69) is 67.8 Å². The Morgan fingerprint density at radius 2 is 0.700 bits per heavy atom. The molecule has 0 aromatic heterocycles. The van der Waals surface area contributed by atoms with E-state index in [0.29, 0.717) is 19.3 Å². The Labute approximate surface area is 555 Å². The van der Waals surface area contributed by atoms with E-state index >= 15 is 0 Å². The van der Waals surface area contributed by atoms with Crippen molar-refractivity contribution in [3.63, 3.8) is 0 Å². The topological polar surface area (TPSA) is 189 Å². The van der Waals surface area contributed by atoms with Crippen LogP contribution in [-0.2, 0) is 14.3 Å². The van der Waals surface area contributed by atoms with Crippen molar-refractivity contribution in [2.24, 2.45) is 0 Å². The van der Waals surface area contributed by atoms with Crippen LogP contribution in [0.5, 0.6) is 0 Å². The van der Waals surface area contributed by atoms with Crippen molar-refractivity contribution >= 4 is 5.91 Å². The fraction of sp³-hybridized carbons (Fsp3) is 0.886. The minimum atomic E-state index is -1.67. The summed E-state index contributed by atoms with van der Waals surface area (Å²) in [6, 6.07) is -1.19. The lowest BCUT2D eigenvalue weighted by atomic mass is 9.98. The zero-order chi connectivity index (χ0) is 65.3. The number of hydrogen-bond acceptors (Lipinski definition) is 10. The highest BCUT2D eigenvalue weighted by Crippen LogP contribution is 2.24. The zero-order valence-corrected chi connectivity index (χ0v) is 58.9. The number of ether oxygens (including phenoxy) is 2. The molecule has 1 aliphatic rings. The standard InChI is InChI=1S/C79H149NO10/c1-3-5-7-9-11-13-15-17-19-21-23-25-27-29-30-31-32-33-34-35-36-37-38-39-40-41-43-45-47-49-51-53-55-57-59-61-63-65-67-72(83)78(88)80-70(69-89-79-77(87)76(86)75(85)73(68-81)90-79)74(84)71(82)66-64-62-60-58-56-54-52-50-48-46-44-42-28-26-24-22-20-18-16-14-12-10-8-6-4-2/h32-33,35-36,50,52,58,60,70-77,79,81-87H,3-31,34,37-49,51,53-57,59,61-69H2,1-2H3,(H,80,88)/b33-32-,36-35-,52-50+,60-58+. The minimum absolute atomic E-state index is 0.247. The molecule has 8 N–H and O–H groups in total. The van der Waals surface area contributed by atoms with Crippen LogP contribution in [0, 0.1) is 0 Å². The minimum Gasteiger partial charge on any atom is -0.394 e. The monoisotopic (exact) mass is 1270 g/mol. The fourth-order valence-electron chi connectivity index (χ4n) is 12.6. The third-order valence-electron chi connectivity index (χ3n) is 18.8. The molecule has 1 rings (SSSR count). The predicted octanol–water partition coefficient (Wildman–Crippen LogP) is 19.9. The van der Waals surface area contributed by atoms with Gasteiger partial charge in [-0.3, -0.25) is 4.79 Å². The summed E-state index contributed by atoms with van der Waals surface area (Å²) in [7, 11) is 0. The van der Waals surface area contributed by atoms with Crippen molar-refractivity contribution in [2.75, 3.05) is 13.2 Å². The molecule has 0 saturated carbocycles. The van der Waals surface area contributed by atoms with Crippen LogP contribution in [0.4, 0.5) is 0 Å². The van der Waals surface area contributed by atoms with Crippen LogP contribution in [0.1, 0.15) is 380 Å². The molecule has 1 amide bonds. The van der Waals surface area contributed by atoms with Crippen molar-refractivity contribution in [1.29, 1.82) is 0 Å². The summed E-state index contributed by atoms with van der Waals surface area (Å²) in [5.41, 5.74) is 0. The van der Waals surface area contributed by atoms with E-state index in [9.17, 15) is 40.5 Å². The number of allylic oxidation sites excluding steroid dienone is 8. The Morgan fingerprint density at radius 1 is 0.389 bits per heavy atom. The van der Waals surface area contributed by atoms with Crippen molar-refractivity contribution in [1.82, 2.24) is 5.32 Å². The number of carbonyl (C=O) groups excluding carboxylic acids is 1. The lowest BCUT2D eigenvalue weighted by molar-refractivity contribution is -0.303. The van der Waals surface area contributed by atoms with E-state index in [1.165, 1.54) is 289 Å². The normalized spacial score (nSPS) is 18.7. The van der Waals surface area contributed by atoms with Crippen LogP contribution in [0.2, 0.25) is 0 Å². The second-order valence-corrected chi connectivity index (χ2v) is 27.4. The Hall–Kier alpha value is -1.93. The number of aliphatic hydroxyl groups is 7. The lowest BCUT2D eigenvalue weighted by Crippen LogP contribution is -2.60. The molecule has 9 atom stereocenters. The maximum atomic E-state index is 13.3. The average molecular weight is 1270 g/mol. The summed E-state index contributed by atoms with van der Waals surface area (Å²) in [6.07, 6.45) is 78.0. The number of unbranched alkanes of at least 4 members (excludes halogenated alkanes) is 49. The van der Waals surface area contributed by atoms with Gasteiger partial charge in [-0.15, -0.1) is 0 Å². The fourth-order valence-corrected chi connectivity index (χ4v) is 12.6. The van der Waals surface area contributed by atoms with Crippen LogP contribution in [-0.4, -0.2) is 110 Å². The van der Waals surface area contributed by atoms with Crippen LogP contribution < -0.4 is 5.32 Å². The lowest BCUT2D eigenvalue weighted by Gasteiger charge is -2.40. The van der Waals surface area contributed by atoms with E-state index < -0.39 is 74.2 Å². The molecule has 0 radical (unpaired) electrons. The van der Waals surface area contributed by atoms with Crippen molar-refractivity contribution in [3.8, 4) is 0 Å². The molecule has 11 nitrogen and oxygen atoms in total. The first-order valence-electron chi connectivity index (χ1n) is 39.0. The van der Waals surface area contributed by atoms with Crippen molar-refractivity contribution < 1.29 is 50.0 Å². The highest BCUT2D eigenvalue weighted by atomic mass is 16.7. The van der Waals surface area contributed by atoms with Gasteiger partial charge in [0.1, 0.15) is 36.6 Å². The first-order chi connectivity index (χ1) is 44.2. The highest BCUT2D eigenvalue weighted by Gasteiger charge is 2.44. The van der Waals surface area contributed by atoms with Crippen molar-refractivity contribution in [2.45, 2.75) is 435 Å². The number of hydrogen-bond donors (Lipinski definition) is 8. The van der Waals surface area contributed by atoms with Gasteiger partial charge in [0.15, 0.2) is 6.29 Å². The molecule has 0 aromatic carbocycles. The van der Waals surface area contributed by atoms with Gasteiger partial charge >= 0.3 is 0 Å². The van der Waals surface area contributed by atoms with Gasteiger partial charge in [-0.25, -0.2) is 0 Å². The molecule has 0 aromatic rings. The largest absolute Gasteiger partial charge is 0.394 e. The number of nitrogens with one attached hydrogen (secondary N) is 1. The molecule has 0 bridgehead atoms. The highest BCUT2D eigenvalue weighted by molar-refractivity contribution is 5.80. The average Bonchev–Trinajstić information content (AvgIpc) is 1.69. The van der Waals surface area contributed by atoms with Gasteiger partial charge in [-0.2, -0.15) is 0 Å². The molecule has 0 aliphatic carbocycles. The number of amides is 1. The summed E-state index contributed by atoms with van der Waals surface area (Å²) < 4.78 is 11.2. The molecular weight excluding hydrogens is 1120 g/mol. The summed E-state index contributed by atoms with van der Waals surface area (Å²) in [4.78, 5) is 13.3. The van der Waals surface area contributed by atoms with Gasteiger partial charge in [0.25, 0.3) is 0 Å². The Morgan fingerprint density at radius 3 is 1.06 bits per heavy atom. The van der Waals surface area contributed by atoms with Gasteiger partial charge in [0, 0.05) is 0 Å². The second kappa shape index (κ2) is 67.1. The number of rotatable bonds is 69. The van der Waals surface area contributed by atoms with Gasteiger partial charge in [-0.05, 0) is 83.5 Å². The summed E-state index contributed by atoms with van der Waals surface area (Å²) in [5, 5.41) is 76.6. The summed E-state index contributed by atoms with van der Waals surface area (Å²) in [6.45, 7) is 3.50. The van der Waals surface area contributed by atoms with Crippen LogP contribution in [0.15, 0.2) is 48.6 Å². The van der Waals surface area contributed by atoms with E-state index in [-0.39, 0.29) is 12.8 Å². The molecule has 0 spiro atoms. The smallest absolute Gasteiger partial charge is 0.249 e. The Bertz CT molecular complexity index is 1610. The maximum Gasteiger partial charge on any atom is 0.249 e. The van der Waals surface area contributed by atoms with Gasteiger partial charge in [0.2, 0.25) is 5.91 Å². The molecule has 1 heterocycles. The molecule has 11 heteroatoms. The van der Waals surface area contributed by atoms with Crippen molar-refractivity contribution in [3.05, 3.63) is 48.6 Å². The predicted molar refractivity (Wildman–Crippen MR) is 381 cm³/mol. The number of carbonyl (C=O) groups is 1. The Kier molecular flexibility index (Phi) is 64.1. The molecule has 1 aliphatic heterocycles. The van der Waals surface area contributed by atoms with Gasteiger partial charge in [0.05, 0.1) is 25.4 Å². The van der Waals surface area contributed by atoms with E-state index in [0.717, 1.165) is 44.9 Å². The molecule has 1 fully saturated rings. The van der Waals surface area contributed by atoms with E-state index in [1.54, 1.807) is 0 Å². The molecule has 9 unspecified atom stereocenters. The zero-order valence-electron chi connectivity index (χ0n) is 58.9. The van der Waals surface area contributed by atoms with Crippen LogP contribution in [0.25, 0.3) is 0 Å². The number of aliphatic hydroxyl groups excluding tert-OH is 7. The van der Waals surface area contributed by atoms with E-state index in [1.807, 2.05) is 0 Å². The third kappa shape index (κ3) is 53.3. The SMILES string of the molecule is CCCCCCCCCCCCCCCCC/C=C\C/C=C\CCCCCCCCCCCCCCCCCCC(O)C(=O)NC(COC1OC(CO)C(O)C(O)C1O)C(O)C(O)CCC/C=C/CC/C=C/CCCCCCCCCCCCCCCCCC. The summed E-state index contributed by atoms with van der Waals surface area (Å²) in [5.74, 6) is -0.705. The third-order valence-corrected chi connectivity index (χ3v) is 18.8. The Balaban J connectivity index is 2.15. The van der Waals surface area contributed by atoms with Crippen LogP contribution in [0.3, 0.4) is 0 Å². The van der Waals surface area contributed by atoms with E-state index in [4.69, 9.17) is 9.47 Å². The molecule has 530 valence electrons. The van der Waals surface area contributed by atoms with Crippen LogP contribution >= 0.6 is 0 Å². The molecular formula is C79H149NO10. The molecule has 90 heavy (non-hydrogen) atoms. The summed E-state index contributed by atoms with van der Waals surface area (Å²) >= 11 is 0. The quantitative estimate of drug-likeness (QED) is 0.0215. The van der Waals surface area contributed by atoms with Gasteiger partial charge < -0.3 is 50.5 Å². The first kappa shape index (κ1) is 86.1. The van der Waals surface area contributed by atoms with Gasteiger partial charge in [-0.1, -0.05) is 345 Å². The second-order valence-electron chi connectivity index (χ2n) is 27.4. The molecule has 1 saturated heterocycles. The maximum absolute atomic E-state index is 13.3.